The van der Waals surface area contributed by atoms with Gasteiger partial charge in [-0.3, -0.25) is 15.5 Å². The normalized spacial score (nSPS) is 15.5. The molecular formula is C16H20N6O4. The maximum atomic E-state index is 11.6. The van der Waals surface area contributed by atoms with Crippen molar-refractivity contribution in [2.45, 2.75) is 0 Å². The predicted molar refractivity (Wildman–Crippen MR) is 94.4 cm³/mol. The summed E-state index contributed by atoms with van der Waals surface area (Å²) in [4.78, 5) is 21.2. The minimum atomic E-state index is -0.552. The van der Waals surface area contributed by atoms with Crippen molar-refractivity contribution >= 4 is 11.5 Å². The van der Waals surface area contributed by atoms with Crippen molar-refractivity contribution in [3.8, 4) is 17.4 Å². The van der Waals surface area contributed by atoms with Crippen LogP contribution in [0.25, 0.3) is 0 Å². The Morgan fingerprint density at radius 1 is 1.15 bits per heavy atom. The molecule has 1 aromatic carbocycles. The van der Waals surface area contributed by atoms with E-state index in [0.717, 1.165) is 26.2 Å². The number of nitro groups is 1. The van der Waals surface area contributed by atoms with Crippen molar-refractivity contribution in [1.29, 1.82) is 0 Å². The molecule has 1 fully saturated rings. The number of rotatable bonds is 6. The fraction of sp³-hybridized carbons (Fsp3) is 0.375. The predicted octanol–water partition coefficient (Wildman–Crippen LogP) is 1.76. The van der Waals surface area contributed by atoms with Crippen LogP contribution in [0.3, 0.4) is 0 Å². The van der Waals surface area contributed by atoms with Gasteiger partial charge in [0.2, 0.25) is 5.82 Å². The second-order valence-electron chi connectivity index (χ2n) is 5.79. The molecule has 1 aliphatic heterocycles. The molecule has 0 spiro atoms. The summed E-state index contributed by atoms with van der Waals surface area (Å²) in [6.07, 6.45) is 1.23. The van der Waals surface area contributed by atoms with Gasteiger partial charge in [-0.05, 0) is 19.2 Å². The average Bonchev–Trinajstić information content (AvgIpc) is 2.64. The summed E-state index contributed by atoms with van der Waals surface area (Å²) >= 11 is 0. The largest absolute Gasteiger partial charge is 0.493 e. The first-order chi connectivity index (χ1) is 12.6. The lowest BCUT2D eigenvalue weighted by Gasteiger charge is -2.32. The van der Waals surface area contributed by atoms with E-state index in [-0.39, 0.29) is 17.4 Å². The Labute approximate surface area is 150 Å². The molecule has 0 amide bonds. The van der Waals surface area contributed by atoms with Crippen LogP contribution in [-0.4, -0.2) is 65.1 Å². The number of aromatic nitrogens is 2. The molecule has 2 heterocycles. The zero-order chi connectivity index (χ0) is 18.5. The number of methoxy groups -OCH3 is 1. The van der Waals surface area contributed by atoms with Crippen molar-refractivity contribution in [2.24, 2.45) is 0 Å². The van der Waals surface area contributed by atoms with Crippen LogP contribution in [-0.2, 0) is 0 Å². The molecule has 0 aliphatic carbocycles. The Morgan fingerprint density at radius 2 is 1.85 bits per heavy atom. The molecule has 10 heteroatoms. The first-order valence-corrected chi connectivity index (χ1v) is 8.09. The van der Waals surface area contributed by atoms with Crippen LogP contribution in [0.4, 0.5) is 11.5 Å². The maximum Gasteiger partial charge on any atom is 0.374 e. The fourth-order valence-corrected chi connectivity index (χ4v) is 2.56. The van der Waals surface area contributed by atoms with Gasteiger partial charge in [0.15, 0.2) is 11.5 Å². The van der Waals surface area contributed by atoms with Crippen LogP contribution in [0.15, 0.2) is 30.6 Å². The van der Waals surface area contributed by atoms with Gasteiger partial charge >= 0.3 is 11.6 Å². The molecule has 2 aromatic rings. The molecule has 1 N–H and O–H groups in total. The number of hydrazine groups is 1. The van der Waals surface area contributed by atoms with Gasteiger partial charge < -0.3 is 14.4 Å². The molecule has 26 heavy (non-hydrogen) atoms. The average molecular weight is 360 g/mol. The van der Waals surface area contributed by atoms with E-state index in [2.05, 4.69) is 20.3 Å². The molecule has 0 saturated carbocycles. The van der Waals surface area contributed by atoms with Crippen LogP contribution < -0.4 is 14.9 Å². The van der Waals surface area contributed by atoms with Crippen molar-refractivity contribution < 1.29 is 14.4 Å². The summed E-state index contributed by atoms with van der Waals surface area (Å²) in [6.45, 7) is 3.16. The Morgan fingerprint density at radius 3 is 2.50 bits per heavy atom. The summed E-state index contributed by atoms with van der Waals surface area (Å²) in [5, 5.41) is 13.5. The van der Waals surface area contributed by atoms with Crippen LogP contribution in [0.2, 0.25) is 0 Å². The van der Waals surface area contributed by atoms with E-state index in [1.807, 2.05) is 12.1 Å². The minimum Gasteiger partial charge on any atom is -0.493 e. The van der Waals surface area contributed by atoms with Gasteiger partial charge in [-0.15, -0.1) is 0 Å². The van der Waals surface area contributed by atoms with Gasteiger partial charge in [0.05, 0.1) is 12.0 Å². The quantitative estimate of drug-likeness (QED) is 0.609. The number of nitrogens with one attached hydrogen (secondary N) is 1. The van der Waals surface area contributed by atoms with Crippen molar-refractivity contribution in [2.75, 3.05) is 45.8 Å². The molecule has 3 rings (SSSR count). The van der Waals surface area contributed by atoms with Crippen LogP contribution in [0.1, 0.15) is 0 Å². The van der Waals surface area contributed by atoms with Crippen LogP contribution >= 0.6 is 0 Å². The highest BCUT2D eigenvalue weighted by Crippen LogP contribution is 2.37. The Balaban J connectivity index is 1.87. The third-order valence-corrected chi connectivity index (χ3v) is 4.01. The summed E-state index contributed by atoms with van der Waals surface area (Å²) in [6, 6.07) is 6.87. The Kier molecular flexibility index (Phi) is 5.44. The summed E-state index contributed by atoms with van der Waals surface area (Å²) in [7, 11) is 3.53. The Bertz CT molecular complexity index is 779. The standard InChI is InChI=1S/C16H20N6O4/c1-20-7-9-21(10-8-20)19-15-14(22(23)24)16(18-11-17-15)26-13-6-4-3-5-12(13)25-2/h3-6,11H,7-10H2,1-2H3,(H,17,18,19). The number of hydrogen-bond acceptors (Lipinski definition) is 9. The molecule has 0 bridgehead atoms. The lowest BCUT2D eigenvalue weighted by atomic mass is 10.3. The van der Waals surface area contributed by atoms with Gasteiger partial charge in [0.1, 0.15) is 6.33 Å². The van der Waals surface area contributed by atoms with Crippen molar-refractivity contribution in [3.63, 3.8) is 0 Å². The second kappa shape index (κ2) is 7.93. The molecule has 0 unspecified atom stereocenters. The molecular weight excluding hydrogens is 340 g/mol. The lowest BCUT2D eigenvalue weighted by Crippen LogP contribution is -2.47. The minimum absolute atomic E-state index is 0.0967. The molecule has 1 aliphatic rings. The molecule has 1 saturated heterocycles. The monoisotopic (exact) mass is 360 g/mol. The molecule has 0 atom stereocenters. The lowest BCUT2D eigenvalue weighted by molar-refractivity contribution is -0.385. The molecule has 10 nitrogen and oxygen atoms in total. The third kappa shape index (κ3) is 3.98. The highest BCUT2D eigenvalue weighted by Gasteiger charge is 2.27. The van der Waals surface area contributed by atoms with E-state index in [9.17, 15) is 10.1 Å². The zero-order valence-electron chi connectivity index (χ0n) is 14.6. The number of ether oxygens (including phenoxy) is 2. The number of piperazine rings is 1. The van der Waals surface area contributed by atoms with E-state index >= 15 is 0 Å². The number of para-hydroxylation sites is 2. The number of anilines is 1. The number of hydrogen-bond donors (Lipinski definition) is 1. The Hall–Kier alpha value is -2.98. The van der Waals surface area contributed by atoms with Gasteiger partial charge in [-0.2, -0.15) is 4.98 Å². The first kappa shape index (κ1) is 17.8. The van der Waals surface area contributed by atoms with Crippen LogP contribution in [0, 0.1) is 10.1 Å². The summed E-state index contributed by atoms with van der Waals surface area (Å²) < 4.78 is 10.9. The smallest absolute Gasteiger partial charge is 0.374 e. The van der Waals surface area contributed by atoms with E-state index in [4.69, 9.17) is 9.47 Å². The van der Waals surface area contributed by atoms with Gasteiger partial charge in [0, 0.05) is 26.2 Å². The SMILES string of the molecule is COc1ccccc1Oc1ncnc(NN2CCN(C)CC2)c1[N+](=O)[O-]. The van der Waals surface area contributed by atoms with E-state index in [1.165, 1.54) is 13.4 Å². The first-order valence-electron chi connectivity index (χ1n) is 8.09. The highest BCUT2D eigenvalue weighted by molar-refractivity contribution is 5.61. The maximum absolute atomic E-state index is 11.6. The number of benzene rings is 1. The van der Waals surface area contributed by atoms with E-state index < -0.39 is 4.92 Å². The topological polar surface area (TPSA) is 106 Å². The molecule has 138 valence electrons. The van der Waals surface area contributed by atoms with Crippen LogP contribution in [0.5, 0.6) is 17.4 Å². The zero-order valence-corrected chi connectivity index (χ0v) is 14.6. The van der Waals surface area contributed by atoms with Gasteiger partial charge in [-0.1, -0.05) is 12.1 Å². The summed E-state index contributed by atoms with van der Waals surface area (Å²) in [5.41, 5.74) is 2.69. The number of nitrogens with zero attached hydrogens (tertiary/aromatic N) is 5. The highest BCUT2D eigenvalue weighted by atomic mass is 16.6. The van der Waals surface area contributed by atoms with E-state index in [1.54, 1.807) is 24.3 Å². The summed E-state index contributed by atoms with van der Waals surface area (Å²) in [5.74, 6) is 0.738. The molecule has 0 radical (unpaired) electrons. The second-order valence-corrected chi connectivity index (χ2v) is 5.79. The van der Waals surface area contributed by atoms with Crippen molar-refractivity contribution in [1.82, 2.24) is 19.9 Å². The third-order valence-electron chi connectivity index (χ3n) is 4.01. The van der Waals surface area contributed by atoms with Gasteiger partial charge in [-0.25, -0.2) is 9.99 Å². The molecule has 1 aromatic heterocycles. The fourth-order valence-electron chi connectivity index (χ4n) is 2.56. The van der Waals surface area contributed by atoms with Gasteiger partial charge in [0.25, 0.3) is 0 Å². The number of likely N-dealkylation sites (N-methyl/N-ethyl adjacent to an activating group) is 1. The van der Waals surface area contributed by atoms with Crippen molar-refractivity contribution in [3.05, 3.63) is 40.7 Å². The van der Waals surface area contributed by atoms with E-state index in [0.29, 0.717) is 11.5 Å².